The topological polar surface area (TPSA) is 50.8 Å². The maximum atomic E-state index is 14.3. The van der Waals surface area contributed by atoms with Crippen molar-refractivity contribution < 1.29 is 18.7 Å². The Kier molecular flexibility index (Phi) is 5.41. The highest BCUT2D eigenvalue weighted by molar-refractivity contribution is 5.95. The largest absolute Gasteiger partial charge is 0.487 e. The van der Waals surface area contributed by atoms with Gasteiger partial charge < -0.3 is 14.8 Å². The van der Waals surface area contributed by atoms with Crippen molar-refractivity contribution in [3.05, 3.63) is 24.0 Å². The maximum Gasteiger partial charge on any atom is 0.244 e. The predicted octanol–water partition coefficient (Wildman–Crippen LogP) is 3.34. The Morgan fingerprint density at radius 3 is 2.69 bits per heavy atom. The van der Waals surface area contributed by atoms with Gasteiger partial charge >= 0.3 is 0 Å². The first-order chi connectivity index (χ1) is 12.7. The Labute approximate surface area is 153 Å². The highest BCUT2D eigenvalue weighted by atomic mass is 19.1. The molecule has 5 nitrogen and oxygen atoms in total. The second-order valence-corrected chi connectivity index (χ2v) is 7.57. The molecule has 142 valence electrons. The Bertz CT molecular complexity index is 644. The molecule has 1 aromatic carbocycles. The number of anilines is 1. The van der Waals surface area contributed by atoms with Crippen LogP contribution in [-0.4, -0.2) is 48.8 Å². The number of rotatable bonds is 5. The Morgan fingerprint density at radius 2 is 2.00 bits per heavy atom. The number of ether oxygens (including phenoxy) is 2. The van der Waals surface area contributed by atoms with Crippen molar-refractivity contribution in [2.75, 3.05) is 25.1 Å². The number of benzene rings is 1. The van der Waals surface area contributed by atoms with Gasteiger partial charge in [-0.15, -0.1) is 0 Å². The lowest BCUT2D eigenvalue weighted by Gasteiger charge is -2.38. The van der Waals surface area contributed by atoms with Gasteiger partial charge in [0.05, 0.1) is 19.3 Å². The van der Waals surface area contributed by atoms with Gasteiger partial charge in [0, 0.05) is 24.3 Å². The third-order valence-corrected chi connectivity index (χ3v) is 5.81. The average molecular weight is 362 g/mol. The minimum absolute atomic E-state index is 0.122. The van der Waals surface area contributed by atoms with Crippen LogP contribution in [0.3, 0.4) is 0 Å². The van der Waals surface area contributed by atoms with Crippen LogP contribution in [0.4, 0.5) is 10.1 Å². The van der Waals surface area contributed by atoms with Gasteiger partial charge in [0.25, 0.3) is 0 Å². The van der Waals surface area contributed by atoms with Crippen LogP contribution in [0.2, 0.25) is 0 Å². The number of hydrogen-bond acceptors (Lipinski definition) is 4. The van der Waals surface area contributed by atoms with Gasteiger partial charge in [-0.25, -0.2) is 4.39 Å². The molecule has 1 aromatic rings. The fraction of sp³-hybridized carbons (Fsp3) is 0.650. The van der Waals surface area contributed by atoms with Gasteiger partial charge in [-0.3, -0.25) is 9.69 Å². The number of nitrogens with zero attached hydrogens (tertiary/aromatic N) is 1. The molecule has 1 aliphatic heterocycles. The lowest BCUT2D eigenvalue weighted by atomic mass is 9.96. The summed E-state index contributed by atoms with van der Waals surface area (Å²) >= 11 is 0. The molecule has 1 atom stereocenters. The van der Waals surface area contributed by atoms with E-state index in [-0.39, 0.29) is 23.8 Å². The van der Waals surface area contributed by atoms with E-state index in [1.807, 2.05) is 0 Å². The van der Waals surface area contributed by atoms with E-state index in [0.717, 1.165) is 38.6 Å². The van der Waals surface area contributed by atoms with E-state index in [2.05, 4.69) is 10.2 Å². The molecule has 2 saturated carbocycles. The van der Waals surface area contributed by atoms with Gasteiger partial charge in [-0.05, 0) is 44.2 Å². The van der Waals surface area contributed by atoms with Crippen molar-refractivity contribution in [2.24, 2.45) is 0 Å². The summed E-state index contributed by atoms with van der Waals surface area (Å²) in [6, 6.07) is 4.81. The molecule has 0 spiro atoms. The van der Waals surface area contributed by atoms with Crippen molar-refractivity contribution in [1.29, 1.82) is 0 Å². The van der Waals surface area contributed by atoms with E-state index in [0.29, 0.717) is 24.9 Å². The Balaban J connectivity index is 1.40. The normalized spacial score (nSPS) is 25.0. The third kappa shape index (κ3) is 3.86. The summed E-state index contributed by atoms with van der Waals surface area (Å²) in [7, 11) is 0. The van der Waals surface area contributed by atoms with Gasteiger partial charge in [0.1, 0.15) is 6.04 Å². The lowest BCUT2D eigenvalue weighted by Crippen LogP contribution is -2.55. The second kappa shape index (κ2) is 7.92. The highest BCUT2D eigenvalue weighted by Gasteiger charge is 2.35. The number of nitrogens with one attached hydrogen (secondary N) is 1. The summed E-state index contributed by atoms with van der Waals surface area (Å²) in [6.07, 6.45) is 7.98. The van der Waals surface area contributed by atoms with Crippen molar-refractivity contribution in [1.82, 2.24) is 4.90 Å². The minimum Gasteiger partial charge on any atom is -0.487 e. The van der Waals surface area contributed by atoms with E-state index >= 15 is 0 Å². The summed E-state index contributed by atoms with van der Waals surface area (Å²) in [6.45, 7) is 1.85. The third-order valence-electron chi connectivity index (χ3n) is 5.81. The zero-order valence-electron chi connectivity index (χ0n) is 15.1. The molecule has 3 aliphatic rings. The molecule has 6 heteroatoms. The van der Waals surface area contributed by atoms with Crippen molar-refractivity contribution >= 4 is 11.6 Å². The number of carbonyl (C=O) groups is 1. The number of morpholine rings is 1. The minimum atomic E-state index is -0.428. The molecule has 1 saturated heterocycles. The zero-order chi connectivity index (χ0) is 17.9. The Morgan fingerprint density at radius 1 is 1.19 bits per heavy atom. The number of carbonyl (C=O) groups excluding carboxylic acids is 1. The van der Waals surface area contributed by atoms with Crippen LogP contribution in [0, 0.1) is 5.82 Å². The summed E-state index contributed by atoms with van der Waals surface area (Å²) in [5.74, 6) is -0.285. The molecule has 2 aliphatic carbocycles. The van der Waals surface area contributed by atoms with Crippen LogP contribution in [0.15, 0.2) is 18.2 Å². The van der Waals surface area contributed by atoms with E-state index in [4.69, 9.17) is 9.47 Å². The second-order valence-electron chi connectivity index (χ2n) is 7.57. The highest BCUT2D eigenvalue weighted by Crippen LogP contribution is 2.29. The summed E-state index contributed by atoms with van der Waals surface area (Å²) in [4.78, 5) is 15.1. The summed E-state index contributed by atoms with van der Waals surface area (Å²) in [5, 5.41) is 2.86. The van der Waals surface area contributed by atoms with Crippen molar-refractivity contribution in [3.63, 3.8) is 0 Å². The van der Waals surface area contributed by atoms with E-state index in [9.17, 15) is 9.18 Å². The van der Waals surface area contributed by atoms with Crippen LogP contribution in [-0.2, 0) is 9.53 Å². The monoisotopic (exact) mass is 362 g/mol. The first-order valence-electron chi connectivity index (χ1n) is 9.81. The molecule has 1 unspecified atom stereocenters. The molecule has 3 fully saturated rings. The van der Waals surface area contributed by atoms with Gasteiger partial charge in [0.2, 0.25) is 5.91 Å². The fourth-order valence-corrected chi connectivity index (χ4v) is 4.08. The van der Waals surface area contributed by atoms with Gasteiger partial charge in [0.15, 0.2) is 11.6 Å². The Hall–Kier alpha value is -1.66. The van der Waals surface area contributed by atoms with Gasteiger partial charge in [-0.2, -0.15) is 0 Å². The summed E-state index contributed by atoms with van der Waals surface area (Å²) in [5.41, 5.74) is 0.463. The van der Waals surface area contributed by atoms with Crippen LogP contribution in [0.1, 0.15) is 44.9 Å². The van der Waals surface area contributed by atoms with Crippen molar-refractivity contribution in [2.45, 2.75) is 63.1 Å². The zero-order valence-corrected chi connectivity index (χ0v) is 15.1. The molecule has 1 heterocycles. The summed E-state index contributed by atoms with van der Waals surface area (Å²) < 4.78 is 25.4. The molecule has 1 amide bonds. The smallest absolute Gasteiger partial charge is 0.244 e. The molecule has 0 aromatic heterocycles. The number of amides is 1. The first kappa shape index (κ1) is 17.7. The molecule has 0 bridgehead atoms. The van der Waals surface area contributed by atoms with Crippen molar-refractivity contribution in [3.8, 4) is 5.75 Å². The standard InChI is InChI=1S/C20H27FN2O3/c21-17-12-14(8-9-19(17)26-16-6-3-7-16)22-20(24)18-13-25-11-10-23(18)15-4-1-2-5-15/h8-9,12,15-16,18H,1-7,10-11,13H2,(H,22,24). The van der Waals surface area contributed by atoms with E-state index in [1.54, 1.807) is 12.1 Å². The predicted molar refractivity (Wildman–Crippen MR) is 96.9 cm³/mol. The lowest BCUT2D eigenvalue weighted by molar-refractivity contribution is -0.129. The quantitative estimate of drug-likeness (QED) is 0.873. The molecular formula is C20H27FN2O3. The molecular weight excluding hydrogens is 335 g/mol. The first-order valence-corrected chi connectivity index (χ1v) is 9.81. The molecule has 4 rings (SSSR count). The van der Waals surface area contributed by atoms with Gasteiger partial charge in [-0.1, -0.05) is 12.8 Å². The van der Waals surface area contributed by atoms with E-state index < -0.39 is 5.82 Å². The fourth-order valence-electron chi connectivity index (χ4n) is 4.08. The van der Waals surface area contributed by atoms with Crippen LogP contribution in [0.5, 0.6) is 5.75 Å². The number of halogens is 1. The van der Waals surface area contributed by atoms with Crippen LogP contribution < -0.4 is 10.1 Å². The maximum absolute atomic E-state index is 14.3. The SMILES string of the molecule is O=C(Nc1ccc(OC2CCC2)c(F)c1)C1COCCN1C1CCCC1. The number of hydrogen-bond donors (Lipinski definition) is 1. The average Bonchev–Trinajstić information content (AvgIpc) is 3.14. The molecule has 1 N–H and O–H groups in total. The van der Waals surface area contributed by atoms with Crippen LogP contribution in [0.25, 0.3) is 0 Å². The van der Waals surface area contributed by atoms with E-state index in [1.165, 1.54) is 18.9 Å². The molecule has 26 heavy (non-hydrogen) atoms. The van der Waals surface area contributed by atoms with Crippen LogP contribution >= 0.6 is 0 Å². The molecule has 0 radical (unpaired) electrons.